The third-order valence-corrected chi connectivity index (χ3v) is 7.30. The second-order valence-corrected chi connectivity index (χ2v) is 9.51. The third-order valence-electron chi connectivity index (χ3n) is 7.30. The highest BCUT2D eigenvalue weighted by Crippen LogP contribution is 2.32. The van der Waals surface area contributed by atoms with Gasteiger partial charge in [0.25, 0.3) is 5.91 Å². The number of amides is 2. The molecule has 186 valence electrons. The van der Waals surface area contributed by atoms with Crippen molar-refractivity contribution in [3.05, 3.63) is 18.0 Å². The molecule has 1 saturated carbocycles. The fourth-order valence-electron chi connectivity index (χ4n) is 5.25. The minimum Gasteiger partial charge on any atom is -0.450 e. The number of carbonyl (C=O) groups excluding carboxylic acids is 2. The summed E-state index contributed by atoms with van der Waals surface area (Å²) in [6.45, 7) is 8.31. The van der Waals surface area contributed by atoms with Gasteiger partial charge < -0.3 is 20.3 Å². The Morgan fingerprint density at radius 1 is 1.12 bits per heavy atom. The first-order valence-corrected chi connectivity index (χ1v) is 12.8. The quantitative estimate of drug-likeness (QED) is 0.629. The van der Waals surface area contributed by atoms with Crippen LogP contribution in [-0.4, -0.2) is 63.4 Å². The molecule has 2 fully saturated rings. The van der Waals surface area contributed by atoms with Crippen molar-refractivity contribution in [1.29, 1.82) is 0 Å². The topological polar surface area (TPSA) is 101 Å². The largest absolute Gasteiger partial charge is 0.450 e. The lowest BCUT2D eigenvalue weighted by Crippen LogP contribution is -2.46. The van der Waals surface area contributed by atoms with E-state index in [0.717, 1.165) is 23.3 Å². The summed E-state index contributed by atoms with van der Waals surface area (Å²) < 4.78 is 6.96. The number of carbonyl (C=O) groups is 2. The number of nitrogens with zero attached hydrogens (tertiary/aromatic N) is 4. The first-order chi connectivity index (χ1) is 16.5. The number of ether oxygens (including phenoxy) is 1. The molecule has 1 aliphatic heterocycles. The van der Waals surface area contributed by atoms with Crippen LogP contribution in [0.3, 0.4) is 0 Å². The molecule has 4 rings (SSSR count). The Kier molecular flexibility index (Phi) is 7.90. The third kappa shape index (κ3) is 5.28. The van der Waals surface area contributed by atoms with Gasteiger partial charge in [0.2, 0.25) is 0 Å². The van der Waals surface area contributed by atoms with E-state index in [2.05, 4.69) is 27.6 Å². The lowest BCUT2D eigenvalue weighted by Gasteiger charge is -2.32. The van der Waals surface area contributed by atoms with E-state index in [1.54, 1.807) is 18.0 Å². The summed E-state index contributed by atoms with van der Waals surface area (Å²) in [6.07, 6.45) is 10.9. The summed E-state index contributed by atoms with van der Waals surface area (Å²) in [4.78, 5) is 31.7. The molecular formula is C25H38N6O3. The van der Waals surface area contributed by atoms with Crippen LogP contribution in [0.25, 0.3) is 11.0 Å². The van der Waals surface area contributed by atoms with Crippen molar-refractivity contribution >= 4 is 28.7 Å². The lowest BCUT2D eigenvalue weighted by atomic mass is 9.84. The fourth-order valence-corrected chi connectivity index (χ4v) is 5.25. The number of aromatic nitrogens is 3. The molecule has 9 heteroatoms. The SMILES string of the molecule is CCOC(=O)N1CCC(NC(=O)c2cnc3c(cnn3CC)c2N[C@@H](C)C2CCCCC2)CC1. The lowest BCUT2D eigenvalue weighted by molar-refractivity contribution is 0.0860. The number of rotatable bonds is 7. The Morgan fingerprint density at radius 3 is 2.53 bits per heavy atom. The van der Waals surface area contributed by atoms with E-state index in [9.17, 15) is 9.59 Å². The van der Waals surface area contributed by atoms with Gasteiger partial charge >= 0.3 is 6.09 Å². The maximum absolute atomic E-state index is 13.4. The number of hydrogen-bond acceptors (Lipinski definition) is 6. The summed E-state index contributed by atoms with van der Waals surface area (Å²) in [5.74, 6) is 0.466. The number of piperidine rings is 1. The molecule has 1 atom stereocenters. The van der Waals surface area contributed by atoms with Crippen LogP contribution < -0.4 is 10.6 Å². The zero-order valence-corrected chi connectivity index (χ0v) is 20.7. The number of pyridine rings is 1. The van der Waals surface area contributed by atoms with Gasteiger partial charge in [-0.15, -0.1) is 0 Å². The molecule has 3 heterocycles. The molecule has 2 aromatic heterocycles. The molecule has 1 aliphatic carbocycles. The Balaban J connectivity index is 1.51. The van der Waals surface area contributed by atoms with Gasteiger partial charge in [0.05, 0.1) is 29.4 Å². The van der Waals surface area contributed by atoms with Crippen molar-refractivity contribution in [3.63, 3.8) is 0 Å². The van der Waals surface area contributed by atoms with Crippen molar-refractivity contribution < 1.29 is 14.3 Å². The number of aryl methyl sites for hydroxylation is 1. The van der Waals surface area contributed by atoms with Crippen LogP contribution >= 0.6 is 0 Å². The molecule has 1 saturated heterocycles. The van der Waals surface area contributed by atoms with E-state index in [1.165, 1.54) is 32.1 Å². The smallest absolute Gasteiger partial charge is 0.409 e. The highest BCUT2D eigenvalue weighted by Gasteiger charge is 2.28. The average Bonchev–Trinajstić information content (AvgIpc) is 3.29. The van der Waals surface area contributed by atoms with Crippen molar-refractivity contribution in [1.82, 2.24) is 25.0 Å². The van der Waals surface area contributed by atoms with E-state index in [1.807, 2.05) is 17.8 Å². The Morgan fingerprint density at radius 2 is 1.85 bits per heavy atom. The first kappa shape index (κ1) is 24.3. The van der Waals surface area contributed by atoms with Crippen molar-refractivity contribution in [2.45, 2.75) is 84.3 Å². The Hall–Kier alpha value is -2.84. The van der Waals surface area contributed by atoms with E-state index < -0.39 is 0 Å². The molecular weight excluding hydrogens is 432 g/mol. The van der Waals surface area contributed by atoms with E-state index in [-0.39, 0.29) is 24.1 Å². The van der Waals surface area contributed by atoms with Gasteiger partial charge in [-0.3, -0.25) is 4.79 Å². The van der Waals surface area contributed by atoms with Crippen LogP contribution in [0.5, 0.6) is 0 Å². The van der Waals surface area contributed by atoms with Gasteiger partial charge in [-0.1, -0.05) is 19.3 Å². The second kappa shape index (κ2) is 11.1. The van der Waals surface area contributed by atoms with Gasteiger partial charge in [-0.05, 0) is 52.4 Å². The zero-order chi connectivity index (χ0) is 24.1. The molecule has 0 unspecified atom stereocenters. The number of anilines is 1. The molecule has 9 nitrogen and oxygen atoms in total. The number of likely N-dealkylation sites (tertiary alicyclic amines) is 1. The maximum atomic E-state index is 13.4. The monoisotopic (exact) mass is 470 g/mol. The number of fused-ring (bicyclic) bond motifs is 1. The normalized spacial score (nSPS) is 18.6. The highest BCUT2D eigenvalue weighted by atomic mass is 16.6. The minimum atomic E-state index is -0.280. The summed E-state index contributed by atoms with van der Waals surface area (Å²) in [5, 5.41) is 12.2. The highest BCUT2D eigenvalue weighted by molar-refractivity contribution is 6.06. The van der Waals surface area contributed by atoms with Crippen LogP contribution in [0.4, 0.5) is 10.5 Å². The summed E-state index contributed by atoms with van der Waals surface area (Å²) in [5.41, 5.74) is 2.17. The summed E-state index contributed by atoms with van der Waals surface area (Å²) >= 11 is 0. The van der Waals surface area contributed by atoms with Gasteiger partial charge in [0, 0.05) is 37.9 Å². The van der Waals surface area contributed by atoms with Crippen LogP contribution in [-0.2, 0) is 11.3 Å². The van der Waals surface area contributed by atoms with Crippen molar-refractivity contribution in [2.24, 2.45) is 5.92 Å². The molecule has 0 aromatic carbocycles. The van der Waals surface area contributed by atoms with Gasteiger partial charge in [-0.25, -0.2) is 14.5 Å². The predicted octanol–water partition coefficient (Wildman–Crippen LogP) is 4.18. The second-order valence-electron chi connectivity index (χ2n) is 9.51. The fraction of sp³-hybridized carbons (Fsp3) is 0.680. The number of nitrogens with one attached hydrogen (secondary N) is 2. The molecule has 0 radical (unpaired) electrons. The maximum Gasteiger partial charge on any atom is 0.409 e. The average molecular weight is 471 g/mol. The van der Waals surface area contributed by atoms with E-state index in [0.29, 0.717) is 44.0 Å². The Bertz CT molecular complexity index is 992. The Labute approximate surface area is 201 Å². The number of hydrogen-bond donors (Lipinski definition) is 2. The van der Waals surface area contributed by atoms with Crippen molar-refractivity contribution in [3.8, 4) is 0 Å². The van der Waals surface area contributed by atoms with Gasteiger partial charge in [-0.2, -0.15) is 5.10 Å². The van der Waals surface area contributed by atoms with E-state index in [4.69, 9.17) is 4.74 Å². The van der Waals surface area contributed by atoms with Crippen LogP contribution in [0, 0.1) is 5.92 Å². The van der Waals surface area contributed by atoms with Gasteiger partial charge in [0.15, 0.2) is 5.65 Å². The predicted molar refractivity (Wildman–Crippen MR) is 132 cm³/mol. The van der Waals surface area contributed by atoms with E-state index >= 15 is 0 Å². The summed E-state index contributed by atoms with van der Waals surface area (Å²) in [7, 11) is 0. The summed E-state index contributed by atoms with van der Waals surface area (Å²) in [6, 6.07) is 0.270. The zero-order valence-electron chi connectivity index (χ0n) is 20.7. The molecule has 0 bridgehead atoms. The molecule has 2 aliphatic rings. The van der Waals surface area contributed by atoms with Crippen molar-refractivity contribution in [2.75, 3.05) is 25.0 Å². The van der Waals surface area contributed by atoms with Gasteiger partial charge in [0.1, 0.15) is 0 Å². The first-order valence-electron chi connectivity index (χ1n) is 12.8. The molecule has 0 spiro atoms. The molecule has 2 aromatic rings. The molecule has 34 heavy (non-hydrogen) atoms. The van der Waals surface area contributed by atoms with Crippen LogP contribution in [0.2, 0.25) is 0 Å². The molecule has 2 amide bonds. The standard InChI is InChI=1S/C25H38N6O3/c1-4-31-23-20(16-27-31)22(28-17(3)18-9-7-6-8-10-18)21(15-26-23)24(32)29-19-11-13-30(14-12-19)25(33)34-5-2/h15-19H,4-14H2,1-3H3,(H,26,28)(H,29,32)/t17-/m0/s1. The van der Waals surface area contributed by atoms with Crippen LogP contribution in [0.1, 0.15) is 76.1 Å². The molecule has 2 N–H and O–H groups in total. The van der Waals surface area contributed by atoms with Crippen LogP contribution in [0.15, 0.2) is 12.4 Å². The minimum absolute atomic E-state index is 0.0101.